The number of rotatable bonds is 0. The Morgan fingerprint density at radius 3 is 1.64 bits per heavy atom. The lowest BCUT2D eigenvalue weighted by Gasteiger charge is -2.54. The molecule has 1 aromatic carbocycles. The number of hydrogen-bond donors (Lipinski definition) is 0. The first-order chi connectivity index (χ1) is 10.8. The van der Waals surface area contributed by atoms with Crippen LogP contribution in [-0.2, 0) is 0 Å². The van der Waals surface area contributed by atoms with E-state index in [0.717, 1.165) is 13.1 Å². The van der Waals surface area contributed by atoms with Crippen LogP contribution in [0.1, 0.15) is 49.7 Å². The highest BCUT2D eigenvalue weighted by Crippen LogP contribution is 2.45. The molecule has 4 rings (SSSR count). The summed E-state index contributed by atoms with van der Waals surface area (Å²) in [6, 6.07) is 9.47. The van der Waals surface area contributed by atoms with Crippen molar-refractivity contribution in [3.63, 3.8) is 0 Å². The summed E-state index contributed by atoms with van der Waals surface area (Å²) in [5, 5.41) is 18.7. The molecule has 0 amide bonds. The van der Waals surface area contributed by atoms with Gasteiger partial charge in [-0.05, 0) is 50.7 Å². The molecule has 112 valence electrons. The Bertz CT molecular complexity index is 623. The summed E-state index contributed by atoms with van der Waals surface area (Å²) < 4.78 is 0. The topological polar surface area (TPSA) is 54.1 Å². The molecule has 2 fully saturated rings. The van der Waals surface area contributed by atoms with Gasteiger partial charge in [-0.2, -0.15) is 10.5 Å². The zero-order valence-electron chi connectivity index (χ0n) is 12.8. The van der Waals surface area contributed by atoms with Gasteiger partial charge in [0.1, 0.15) is 12.1 Å². The van der Waals surface area contributed by atoms with E-state index in [9.17, 15) is 10.5 Å². The van der Waals surface area contributed by atoms with Gasteiger partial charge >= 0.3 is 0 Å². The average Bonchev–Trinajstić information content (AvgIpc) is 2.60. The molecule has 3 aliphatic heterocycles. The van der Waals surface area contributed by atoms with Gasteiger partial charge in [0.15, 0.2) is 0 Å². The van der Waals surface area contributed by atoms with E-state index in [4.69, 9.17) is 0 Å². The molecule has 2 saturated heterocycles. The van der Waals surface area contributed by atoms with Crippen LogP contribution in [0.4, 0.5) is 11.4 Å². The minimum atomic E-state index is 0.515. The third-order valence-corrected chi connectivity index (χ3v) is 5.52. The van der Waals surface area contributed by atoms with Crippen molar-refractivity contribution in [2.75, 3.05) is 22.9 Å². The summed E-state index contributed by atoms with van der Waals surface area (Å²) in [6.45, 7) is 2.16. The molecule has 3 aliphatic rings. The van der Waals surface area contributed by atoms with Gasteiger partial charge in [-0.15, -0.1) is 0 Å². The minimum Gasteiger partial charge on any atom is -0.365 e. The van der Waals surface area contributed by atoms with E-state index in [1.807, 2.05) is 12.1 Å². The smallest absolute Gasteiger partial charge is 0.101 e. The van der Waals surface area contributed by atoms with Crippen LogP contribution in [0.2, 0.25) is 0 Å². The summed E-state index contributed by atoms with van der Waals surface area (Å²) in [5.41, 5.74) is 3.39. The Kier molecular flexibility index (Phi) is 3.19. The first kappa shape index (κ1) is 13.5. The monoisotopic (exact) mass is 292 g/mol. The molecule has 4 heteroatoms. The van der Waals surface area contributed by atoms with Crippen LogP contribution in [0.3, 0.4) is 0 Å². The molecular weight excluding hydrogens is 272 g/mol. The molecule has 0 radical (unpaired) electrons. The van der Waals surface area contributed by atoms with Crippen LogP contribution < -0.4 is 9.80 Å². The van der Waals surface area contributed by atoms with Crippen LogP contribution in [0, 0.1) is 22.7 Å². The van der Waals surface area contributed by atoms with Crippen molar-refractivity contribution in [1.82, 2.24) is 0 Å². The van der Waals surface area contributed by atoms with Crippen LogP contribution in [0.5, 0.6) is 0 Å². The second-order valence-corrected chi connectivity index (χ2v) is 6.62. The summed E-state index contributed by atoms with van der Waals surface area (Å²) in [6.07, 6.45) is 7.57. The second kappa shape index (κ2) is 5.21. The van der Waals surface area contributed by atoms with E-state index in [2.05, 4.69) is 21.9 Å². The Morgan fingerprint density at radius 2 is 1.23 bits per heavy atom. The van der Waals surface area contributed by atoms with Crippen molar-refractivity contribution in [3.8, 4) is 12.1 Å². The lowest BCUT2D eigenvalue weighted by Crippen LogP contribution is -2.59. The summed E-state index contributed by atoms with van der Waals surface area (Å²) in [4.78, 5) is 5.04. The normalized spacial score (nSPS) is 26.3. The average molecular weight is 292 g/mol. The molecule has 0 spiro atoms. The fourth-order valence-corrected chi connectivity index (χ4v) is 4.53. The van der Waals surface area contributed by atoms with Gasteiger partial charge in [0.2, 0.25) is 0 Å². The van der Waals surface area contributed by atoms with Gasteiger partial charge in [0, 0.05) is 25.2 Å². The highest BCUT2D eigenvalue weighted by atomic mass is 15.3. The molecule has 2 atom stereocenters. The zero-order valence-corrected chi connectivity index (χ0v) is 12.8. The number of anilines is 2. The molecule has 0 unspecified atom stereocenters. The van der Waals surface area contributed by atoms with E-state index in [1.54, 1.807) is 0 Å². The van der Waals surface area contributed by atoms with Crippen LogP contribution in [0.15, 0.2) is 12.1 Å². The Balaban J connectivity index is 1.89. The number of piperidine rings is 2. The van der Waals surface area contributed by atoms with Gasteiger partial charge in [0.05, 0.1) is 22.5 Å². The lowest BCUT2D eigenvalue weighted by atomic mass is 9.84. The van der Waals surface area contributed by atoms with Gasteiger partial charge < -0.3 is 9.80 Å². The number of benzene rings is 1. The number of nitriles is 2. The van der Waals surface area contributed by atoms with Crippen molar-refractivity contribution in [2.45, 2.75) is 50.6 Å². The van der Waals surface area contributed by atoms with E-state index in [1.165, 1.54) is 49.9 Å². The molecule has 1 aromatic rings. The van der Waals surface area contributed by atoms with Crippen LogP contribution >= 0.6 is 0 Å². The fraction of sp³-hybridized carbons (Fsp3) is 0.556. The quantitative estimate of drug-likeness (QED) is 0.737. The molecule has 3 heterocycles. The first-order valence-electron chi connectivity index (χ1n) is 8.35. The maximum Gasteiger partial charge on any atom is 0.101 e. The van der Waals surface area contributed by atoms with E-state index < -0.39 is 0 Å². The van der Waals surface area contributed by atoms with Gasteiger partial charge in [-0.25, -0.2) is 0 Å². The highest BCUT2D eigenvalue weighted by molar-refractivity contribution is 5.79. The van der Waals surface area contributed by atoms with Crippen molar-refractivity contribution in [3.05, 3.63) is 23.3 Å². The highest BCUT2D eigenvalue weighted by Gasteiger charge is 2.41. The summed E-state index contributed by atoms with van der Waals surface area (Å²) in [7, 11) is 0. The Labute approximate surface area is 131 Å². The van der Waals surface area contributed by atoms with E-state index in [-0.39, 0.29) is 0 Å². The third-order valence-electron chi connectivity index (χ3n) is 5.52. The van der Waals surface area contributed by atoms with Crippen LogP contribution in [0.25, 0.3) is 0 Å². The fourth-order valence-electron chi connectivity index (χ4n) is 4.53. The molecular formula is C18H20N4. The van der Waals surface area contributed by atoms with Crippen LogP contribution in [-0.4, -0.2) is 25.2 Å². The second-order valence-electron chi connectivity index (χ2n) is 6.62. The van der Waals surface area contributed by atoms with Crippen molar-refractivity contribution >= 4 is 11.4 Å². The third kappa shape index (κ3) is 1.87. The van der Waals surface area contributed by atoms with Gasteiger partial charge in [-0.3, -0.25) is 0 Å². The number of fused-ring (bicyclic) bond motifs is 6. The molecule has 0 aromatic heterocycles. The van der Waals surface area contributed by atoms with Gasteiger partial charge in [-0.1, -0.05) is 0 Å². The zero-order chi connectivity index (χ0) is 15.1. The maximum atomic E-state index is 9.35. The molecule has 22 heavy (non-hydrogen) atoms. The lowest BCUT2D eigenvalue weighted by molar-refractivity contribution is 0.327. The molecule has 0 aliphatic carbocycles. The summed E-state index contributed by atoms with van der Waals surface area (Å²) >= 11 is 0. The van der Waals surface area contributed by atoms with Gasteiger partial charge in [0.25, 0.3) is 0 Å². The molecule has 4 nitrogen and oxygen atoms in total. The van der Waals surface area contributed by atoms with Crippen molar-refractivity contribution in [2.24, 2.45) is 0 Å². The predicted octanol–water partition coefficient (Wildman–Crippen LogP) is 3.16. The van der Waals surface area contributed by atoms with E-state index in [0.29, 0.717) is 23.2 Å². The number of hydrogen-bond acceptors (Lipinski definition) is 4. The van der Waals surface area contributed by atoms with Crippen molar-refractivity contribution in [1.29, 1.82) is 10.5 Å². The standard InChI is InChI=1S/C18H20N4/c19-11-13-9-17-18(10-14(13)12-20)22-8-4-2-6-16(22)15-5-1-3-7-21(15)17/h9-10,15-16H,1-8H2/t15-,16-/m0/s1. The molecule has 0 bridgehead atoms. The SMILES string of the molecule is N#Cc1cc2c(cc1C#N)N1CCCC[C@H]1[C@@H]1CCCCN21. The molecule has 0 N–H and O–H groups in total. The largest absolute Gasteiger partial charge is 0.365 e. The Hall–Kier alpha value is -2.20. The minimum absolute atomic E-state index is 0.515. The number of nitrogens with zero attached hydrogens (tertiary/aromatic N) is 4. The molecule has 0 saturated carbocycles. The Morgan fingerprint density at radius 1 is 0.773 bits per heavy atom. The maximum absolute atomic E-state index is 9.35. The van der Waals surface area contributed by atoms with Crippen molar-refractivity contribution < 1.29 is 0 Å². The van der Waals surface area contributed by atoms with E-state index >= 15 is 0 Å². The first-order valence-corrected chi connectivity index (χ1v) is 8.35. The predicted molar refractivity (Wildman–Crippen MR) is 85.8 cm³/mol. The summed E-state index contributed by atoms with van der Waals surface area (Å²) in [5.74, 6) is 0.